The standard InChI is InChI=1S/C12H12N12/c1-9-5-22-3-11(15-18-22)7-24-4-12(16-20-24)8-23-2-10(14-19-23)6-21(1)17-13-9/h1-4H,5-8H2. The zero-order valence-electron chi connectivity index (χ0n) is 12.5. The smallest absolute Gasteiger partial charge is 0.104 e. The molecule has 12 heteroatoms. The summed E-state index contributed by atoms with van der Waals surface area (Å²) in [5.74, 6) is 0. The van der Waals surface area contributed by atoms with Crippen molar-refractivity contribution in [2.45, 2.75) is 26.2 Å². The molecular weight excluding hydrogens is 312 g/mol. The first-order valence-electron chi connectivity index (χ1n) is 7.36. The van der Waals surface area contributed by atoms with Gasteiger partial charge in [0.2, 0.25) is 0 Å². The Hall–Kier alpha value is -3.44. The molecule has 5 heterocycles. The molecule has 4 aromatic rings. The van der Waals surface area contributed by atoms with Gasteiger partial charge in [-0.05, 0) is 0 Å². The molecule has 0 aliphatic carbocycles. The highest BCUT2D eigenvalue weighted by Crippen LogP contribution is 2.05. The van der Waals surface area contributed by atoms with Crippen LogP contribution in [0.25, 0.3) is 0 Å². The third-order valence-corrected chi connectivity index (χ3v) is 3.64. The van der Waals surface area contributed by atoms with Crippen LogP contribution in [0.4, 0.5) is 0 Å². The highest BCUT2D eigenvalue weighted by atomic mass is 15.5. The number of aromatic nitrogens is 12. The predicted molar refractivity (Wildman–Crippen MR) is 76.5 cm³/mol. The number of nitrogens with zero attached hydrogens (tertiary/aromatic N) is 12. The van der Waals surface area contributed by atoms with Crippen LogP contribution in [0.2, 0.25) is 0 Å². The van der Waals surface area contributed by atoms with Crippen LogP contribution in [-0.2, 0) is 26.2 Å². The molecule has 0 atom stereocenters. The van der Waals surface area contributed by atoms with Crippen LogP contribution in [0.5, 0.6) is 0 Å². The van der Waals surface area contributed by atoms with Crippen LogP contribution in [0.3, 0.4) is 0 Å². The molecule has 5 rings (SSSR count). The minimum Gasteiger partial charge on any atom is -0.246 e. The number of fused-ring (bicyclic) bond motifs is 8. The summed E-state index contributed by atoms with van der Waals surface area (Å²) < 4.78 is 6.90. The monoisotopic (exact) mass is 324 g/mol. The van der Waals surface area contributed by atoms with E-state index in [1.54, 1.807) is 18.7 Å². The fourth-order valence-corrected chi connectivity index (χ4v) is 2.62. The molecule has 0 radical (unpaired) electrons. The van der Waals surface area contributed by atoms with Crippen LogP contribution in [0.15, 0.2) is 24.8 Å². The zero-order chi connectivity index (χ0) is 15.9. The summed E-state index contributed by atoms with van der Waals surface area (Å²) in [4.78, 5) is 0. The van der Waals surface area contributed by atoms with Gasteiger partial charge in [0.25, 0.3) is 0 Å². The third kappa shape index (κ3) is 2.43. The van der Waals surface area contributed by atoms with Crippen LogP contribution in [0.1, 0.15) is 22.8 Å². The van der Waals surface area contributed by atoms with Gasteiger partial charge in [0, 0.05) is 0 Å². The number of rotatable bonds is 0. The second-order valence-corrected chi connectivity index (χ2v) is 5.63. The summed E-state index contributed by atoms with van der Waals surface area (Å²) in [7, 11) is 0. The average Bonchev–Trinajstić information content (AvgIpc) is 3.32. The van der Waals surface area contributed by atoms with Crippen molar-refractivity contribution in [2.24, 2.45) is 0 Å². The van der Waals surface area contributed by atoms with E-state index in [9.17, 15) is 0 Å². The van der Waals surface area contributed by atoms with Gasteiger partial charge in [0.1, 0.15) is 22.8 Å². The van der Waals surface area contributed by atoms with E-state index in [2.05, 4.69) is 41.2 Å². The van der Waals surface area contributed by atoms with Crippen LogP contribution in [-0.4, -0.2) is 60.0 Å². The fraction of sp³-hybridized carbons (Fsp3) is 0.333. The lowest BCUT2D eigenvalue weighted by Gasteiger charge is -1.97. The first-order chi connectivity index (χ1) is 11.8. The summed E-state index contributed by atoms with van der Waals surface area (Å²) in [6.07, 6.45) is 7.47. The average molecular weight is 324 g/mol. The van der Waals surface area contributed by atoms with Gasteiger partial charge in [-0.1, -0.05) is 20.9 Å². The molecule has 12 nitrogen and oxygen atoms in total. The number of hydrogen-bond donors (Lipinski definition) is 0. The zero-order valence-corrected chi connectivity index (χ0v) is 12.5. The Morgan fingerprint density at radius 1 is 0.458 bits per heavy atom. The SMILES string of the molecule is c1c2nnn1Cc1cn(nn1)Cc1cn(nn1)Cc1cn(nn1)C2. The molecule has 0 N–H and O–H groups in total. The maximum atomic E-state index is 4.16. The van der Waals surface area contributed by atoms with E-state index in [1.165, 1.54) is 0 Å². The molecule has 0 fully saturated rings. The van der Waals surface area contributed by atoms with Crippen molar-refractivity contribution in [3.63, 3.8) is 0 Å². The van der Waals surface area contributed by atoms with Crippen molar-refractivity contribution in [1.82, 2.24) is 60.0 Å². The summed E-state index contributed by atoms with van der Waals surface area (Å²) in [5.41, 5.74) is 3.20. The molecule has 120 valence electrons. The second kappa shape index (κ2) is 5.04. The lowest BCUT2D eigenvalue weighted by Crippen LogP contribution is -2.03. The van der Waals surface area contributed by atoms with Crippen molar-refractivity contribution >= 4 is 0 Å². The van der Waals surface area contributed by atoms with E-state index in [0.717, 1.165) is 22.8 Å². The fourth-order valence-electron chi connectivity index (χ4n) is 2.62. The highest BCUT2D eigenvalue weighted by Gasteiger charge is 2.11. The van der Waals surface area contributed by atoms with Crippen LogP contribution in [0, 0.1) is 0 Å². The predicted octanol–water partition coefficient (Wildman–Crippen LogP) is -1.44. The lowest BCUT2D eigenvalue weighted by molar-refractivity contribution is 0.622. The van der Waals surface area contributed by atoms with E-state index in [0.29, 0.717) is 26.2 Å². The van der Waals surface area contributed by atoms with Crippen molar-refractivity contribution in [2.75, 3.05) is 0 Å². The molecule has 0 saturated carbocycles. The lowest BCUT2D eigenvalue weighted by atomic mass is 10.4. The molecule has 24 heavy (non-hydrogen) atoms. The highest BCUT2D eigenvalue weighted by molar-refractivity contribution is 5.02. The Labute approximate surface area is 134 Å². The van der Waals surface area contributed by atoms with Gasteiger partial charge in [-0.25, -0.2) is 18.7 Å². The summed E-state index contributed by atoms with van der Waals surface area (Å²) in [6.45, 7) is 2.01. The molecule has 0 saturated heterocycles. The van der Waals surface area contributed by atoms with Crippen molar-refractivity contribution < 1.29 is 0 Å². The normalized spacial score (nSPS) is 14.0. The van der Waals surface area contributed by atoms with Gasteiger partial charge in [0.05, 0.1) is 51.0 Å². The molecular formula is C12H12N12. The van der Waals surface area contributed by atoms with Gasteiger partial charge >= 0.3 is 0 Å². The largest absolute Gasteiger partial charge is 0.246 e. The Morgan fingerprint density at radius 3 is 0.958 bits per heavy atom. The topological polar surface area (TPSA) is 123 Å². The maximum Gasteiger partial charge on any atom is 0.104 e. The van der Waals surface area contributed by atoms with E-state index < -0.39 is 0 Å². The molecule has 0 unspecified atom stereocenters. The Kier molecular flexibility index (Phi) is 2.74. The Balaban J connectivity index is 1.54. The van der Waals surface area contributed by atoms with Crippen molar-refractivity contribution in [3.05, 3.63) is 47.6 Å². The molecule has 1 aliphatic rings. The summed E-state index contributed by atoms with van der Waals surface area (Å²) in [6, 6.07) is 0. The summed E-state index contributed by atoms with van der Waals surface area (Å²) >= 11 is 0. The van der Waals surface area contributed by atoms with Crippen molar-refractivity contribution in [1.29, 1.82) is 0 Å². The van der Waals surface area contributed by atoms with Crippen molar-refractivity contribution in [3.8, 4) is 0 Å². The van der Waals surface area contributed by atoms with E-state index in [-0.39, 0.29) is 0 Å². The quantitative estimate of drug-likeness (QED) is 0.339. The molecule has 8 bridgehead atoms. The molecule has 0 aromatic carbocycles. The van der Waals surface area contributed by atoms with Crippen LogP contribution < -0.4 is 0 Å². The van der Waals surface area contributed by atoms with E-state index in [4.69, 9.17) is 0 Å². The maximum absolute atomic E-state index is 4.16. The van der Waals surface area contributed by atoms with Gasteiger partial charge in [-0.15, -0.1) is 20.4 Å². The number of hydrogen-bond acceptors (Lipinski definition) is 8. The first kappa shape index (κ1) is 13.0. The van der Waals surface area contributed by atoms with Gasteiger partial charge < -0.3 is 0 Å². The van der Waals surface area contributed by atoms with E-state index in [1.807, 2.05) is 24.8 Å². The first-order valence-corrected chi connectivity index (χ1v) is 7.36. The summed E-state index contributed by atoms with van der Waals surface area (Å²) in [5, 5.41) is 33.1. The van der Waals surface area contributed by atoms with Gasteiger partial charge in [-0.3, -0.25) is 0 Å². The Morgan fingerprint density at radius 2 is 0.708 bits per heavy atom. The minimum atomic E-state index is 0.502. The molecule has 0 amide bonds. The third-order valence-electron chi connectivity index (χ3n) is 3.64. The molecule has 1 aliphatic heterocycles. The molecule has 0 spiro atoms. The second-order valence-electron chi connectivity index (χ2n) is 5.63. The van der Waals surface area contributed by atoms with Crippen LogP contribution >= 0.6 is 0 Å². The Bertz CT molecular complexity index is 760. The van der Waals surface area contributed by atoms with Gasteiger partial charge in [0.15, 0.2) is 0 Å². The van der Waals surface area contributed by atoms with E-state index >= 15 is 0 Å². The van der Waals surface area contributed by atoms with Gasteiger partial charge in [-0.2, -0.15) is 0 Å². The minimum absolute atomic E-state index is 0.502. The molecule has 4 aromatic heterocycles.